The molecule has 0 saturated heterocycles. The predicted octanol–water partition coefficient (Wildman–Crippen LogP) is 4.71. The fraction of sp³-hybridized carbons (Fsp3) is 0.320. The first-order valence-corrected chi connectivity index (χ1v) is 10.1. The number of likely N-dealkylation sites (N-methyl/N-ethyl adjacent to an activating group) is 1. The third-order valence-electron chi connectivity index (χ3n) is 5.33. The zero-order valence-corrected chi connectivity index (χ0v) is 17.1. The van der Waals surface area contributed by atoms with Gasteiger partial charge in [-0.15, -0.1) is 0 Å². The van der Waals surface area contributed by atoms with Gasteiger partial charge in [-0.3, -0.25) is 4.99 Å². The summed E-state index contributed by atoms with van der Waals surface area (Å²) in [4.78, 5) is 5.06. The molecule has 3 N–H and O–H groups in total. The van der Waals surface area contributed by atoms with E-state index in [9.17, 15) is 0 Å². The Morgan fingerprint density at radius 2 is 1.75 bits per heavy atom. The van der Waals surface area contributed by atoms with E-state index in [0.717, 1.165) is 17.8 Å². The third-order valence-corrected chi connectivity index (χ3v) is 5.33. The Morgan fingerprint density at radius 3 is 2.36 bits per heavy atom. The van der Waals surface area contributed by atoms with Gasteiger partial charge in [-0.05, 0) is 42.2 Å². The molecule has 3 rings (SSSR count). The lowest BCUT2D eigenvalue weighted by Gasteiger charge is -2.29. The molecule has 0 amide bonds. The topological polar surface area (TPSA) is 50.4 Å². The lowest BCUT2D eigenvalue weighted by molar-refractivity contribution is 0.537. The zero-order valence-electron chi connectivity index (χ0n) is 17.1. The highest BCUT2D eigenvalue weighted by atomic mass is 14.9. The molecule has 3 nitrogen and oxygen atoms in total. The second-order valence-corrected chi connectivity index (χ2v) is 7.68. The average Bonchev–Trinajstić information content (AvgIpc) is 2.70. The van der Waals surface area contributed by atoms with Gasteiger partial charge in [0.1, 0.15) is 0 Å². The zero-order chi connectivity index (χ0) is 19.9. The van der Waals surface area contributed by atoms with Crippen molar-refractivity contribution < 1.29 is 0 Å². The van der Waals surface area contributed by atoms with Crippen molar-refractivity contribution in [2.24, 2.45) is 22.6 Å². The molecule has 0 aromatic heterocycles. The molecule has 28 heavy (non-hydrogen) atoms. The Kier molecular flexibility index (Phi) is 6.83. The van der Waals surface area contributed by atoms with Crippen LogP contribution in [0.5, 0.6) is 0 Å². The summed E-state index contributed by atoms with van der Waals surface area (Å²) in [5.74, 6) is 0.668. The molecule has 1 aliphatic rings. The van der Waals surface area contributed by atoms with E-state index in [1.807, 2.05) is 19.2 Å². The standard InChI is InChI=1S/C25H31N3/c1-18-14-22(16-23(26)15-18)24(27-3)19(2)25(21-12-8-5-9-13-21)28-17-20-10-6-4-7-11-20/h4-14,16,18-19,24,27H,15,17,26H2,1-3H3/b28-25+/t18-,19?,24?/m1/s1. The predicted molar refractivity (Wildman–Crippen MR) is 119 cm³/mol. The van der Waals surface area contributed by atoms with Crippen molar-refractivity contribution in [3.63, 3.8) is 0 Å². The lowest BCUT2D eigenvalue weighted by atomic mass is 9.83. The third kappa shape index (κ3) is 4.99. The summed E-state index contributed by atoms with van der Waals surface area (Å²) in [7, 11) is 2.02. The maximum absolute atomic E-state index is 6.19. The molecule has 2 aromatic rings. The van der Waals surface area contributed by atoms with Crippen molar-refractivity contribution in [3.8, 4) is 0 Å². The van der Waals surface area contributed by atoms with Gasteiger partial charge in [0.15, 0.2) is 0 Å². The Bertz CT molecular complexity index is 850. The summed E-state index contributed by atoms with van der Waals surface area (Å²) >= 11 is 0. The van der Waals surface area contributed by atoms with Gasteiger partial charge < -0.3 is 11.1 Å². The molecule has 0 spiro atoms. The molecule has 0 fully saturated rings. The first kappa shape index (κ1) is 20.1. The van der Waals surface area contributed by atoms with E-state index in [-0.39, 0.29) is 12.0 Å². The van der Waals surface area contributed by atoms with E-state index in [2.05, 4.69) is 79.8 Å². The van der Waals surface area contributed by atoms with Gasteiger partial charge in [0.05, 0.1) is 6.54 Å². The van der Waals surface area contributed by atoms with Crippen LogP contribution in [0, 0.1) is 11.8 Å². The van der Waals surface area contributed by atoms with Crippen LogP contribution in [-0.2, 0) is 6.54 Å². The smallest absolute Gasteiger partial charge is 0.0643 e. The Balaban J connectivity index is 1.94. The maximum Gasteiger partial charge on any atom is 0.0643 e. The van der Waals surface area contributed by atoms with Crippen molar-refractivity contribution in [1.29, 1.82) is 0 Å². The summed E-state index contributed by atoms with van der Waals surface area (Å²) in [5, 5.41) is 3.51. The molecule has 1 aliphatic carbocycles. The Hall–Kier alpha value is -2.65. The average molecular weight is 374 g/mol. The fourth-order valence-electron chi connectivity index (χ4n) is 4.00. The molecule has 2 unspecified atom stereocenters. The molecule has 3 atom stereocenters. The molecule has 0 aliphatic heterocycles. The van der Waals surface area contributed by atoms with Crippen LogP contribution in [0.2, 0.25) is 0 Å². The van der Waals surface area contributed by atoms with Crippen LogP contribution in [0.4, 0.5) is 0 Å². The summed E-state index contributed by atoms with van der Waals surface area (Å²) < 4.78 is 0. The first-order chi connectivity index (χ1) is 13.6. The van der Waals surface area contributed by atoms with E-state index in [1.54, 1.807) is 0 Å². The Labute approximate surface area is 169 Å². The van der Waals surface area contributed by atoms with E-state index in [4.69, 9.17) is 10.7 Å². The van der Waals surface area contributed by atoms with Crippen molar-refractivity contribution in [2.75, 3.05) is 7.05 Å². The number of aliphatic imine (C=N–C) groups is 1. The van der Waals surface area contributed by atoms with Gasteiger partial charge in [-0.2, -0.15) is 0 Å². The van der Waals surface area contributed by atoms with Gasteiger partial charge in [-0.25, -0.2) is 0 Å². The molecule has 3 heteroatoms. The summed E-state index contributed by atoms with van der Waals surface area (Å²) in [5.41, 5.74) is 11.9. The van der Waals surface area contributed by atoms with Gasteiger partial charge in [0.2, 0.25) is 0 Å². The molecule has 0 heterocycles. The van der Waals surface area contributed by atoms with Gasteiger partial charge in [-0.1, -0.05) is 80.6 Å². The maximum atomic E-state index is 6.19. The van der Waals surface area contributed by atoms with E-state index >= 15 is 0 Å². The van der Waals surface area contributed by atoms with Crippen molar-refractivity contribution >= 4 is 5.71 Å². The van der Waals surface area contributed by atoms with Crippen LogP contribution in [0.1, 0.15) is 31.4 Å². The number of nitrogens with zero attached hydrogens (tertiary/aromatic N) is 1. The first-order valence-electron chi connectivity index (χ1n) is 10.1. The molecule has 0 saturated carbocycles. The molecular formula is C25H31N3. The second-order valence-electron chi connectivity index (χ2n) is 7.68. The monoisotopic (exact) mass is 373 g/mol. The Morgan fingerprint density at radius 1 is 1.11 bits per heavy atom. The van der Waals surface area contributed by atoms with Crippen LogP contribution < -0.4 is 11.1 Å². The van der Waals surface area contributed by atoms with Crippen LogP contribution in [0.3, 0.4) is 0 Å². The number of allylic oxidation sites excluding steroid dienone is 2. The minimum Gasteiger partial charge on any atom is -0.402 e. The highest BCUT2D eigenvalue weighted by molar-refractivity contribution is 6.02. The van der Waals surface area contributed by atoms with E-state index in [1.165, 1.54) is 16.7 Å². The quantitative estimate of drug-likeness (QED) is 0.691. The largest absolute Gasteiger partial charge is 0.402 e. The molecule has 146 valence electrons. The summed E-state index contributed by atoms with van der Waals surface area (Å²) in [6.45, 7) is 5.15. The normalized spacial score (nSPS) is 19.5. The highest BCUT2D eigenvalue weighted by Gasteiger charge is 2.26. The number of hydrogen-bond acceptors (Lipinski definition) is 3. The molecule has 0 bridgehead atoms. The fourth-order valence-corrected chi connectivity index (χ4v) is 4.00. The summed E-state index contributed by atoms with van der Waals surface area (Å²) in [6.07, 6.45) is 5.41. The number of hydrogen-bond donors (Lipinski definition) is 2. The van der Waals surface area contributed by atoms with Crippen molar-refractivity contribution in [3.05, 3.63) is 95.2 Å². The summed E-state index contributed by atoms with van der Waals surface area (Å²) in [6, 6.07) is 21.1. The minimum atomic E-state index is 0.163. The van der Waals surface area contributed by atoms with Gasteiger partial charge >= 0.3 is 0 Å². The number of rotatable bonds is 7. The van der Waals surface area contributed by atoms with Crippen molar-refractivity contribution in [1.82, 2.24) is 5.32 Å². The number of nitrogens with one attached hydrogen (secondary N) is 1. The van der Waals surface area contributed by atoms with Crippen LogP contribution in [0.15, 0.2) is 89.1 Å². The molecule has 2 aromatic carbocycles. The molecular weight excluding hydrogens is 342 g/mol. The SMILES string of the molecule is CNC(C1=C[C@@H](C)CC(N)=C1)C(C)/C(=N\Cc1ccccc1)c1ccccc1. The van der Waals surface area contributed by atoms with Crippen LogP contribution >= 0.6 is 0 Å². The second kappa shape index (κ2) is 9.52. The minimum absolute atomic E-state index is 0.163. The number of benzene rings is 2. The van der Waals surface area contributed by atoms with Gasteiger partial charge in [0, 0.05) is 23.4 Å². The van der Waals surface area contributed by atoms with E-state index in [0.29, 0.717) is 12.5 Å². The van der Waals surface area contributed by atoms with Crippen molar-refractivity contribution in [2.45, 2.75) is 32.9 Å². The van der Waals surface area contributed by atoms with Crippen LogP contribution in [-0.4, -0.2) is 18.8 Å². The highest BCUT2D eigenvalue weighted by Crippen LogP contribution is 2.27. The number of nitrogens with two attached hydrogens (primary N) is 1. The molecule has 0 radical (unpaired) electrons. The lowest BCUT2D eigenvalue weighted by Crippen LogP contribution is -2.39. The van der Waals surface area contributed by atoms with E-state index < -0.39 is 0 Å². The van der Waals surface area contributed by atoms with Gasteiger partial charge in [0.25, 0.3) is 0 Å². The van der Waals surface area contributed by atoms with Crippen LogP contribution in [0.25, 0.3) is 0 Å².